The number of amides is 1. The Morgan fingerprint density at radius 1 is 1.52 bits per heavy atom. The third-order valence-corrected chi connectivity index (χ3v) is 3.65. The Morgan fingerprint density at radius 3 is 2.96 bits per heavy atom. The van der Waals surface area contributed by atoms with Gasteiger partial charge < -0.3 is 14.1 Å². The number of esters is 1. The Kier molecular flexibility index (Phi) is 7.00. The quantitative estimate of drug-likeness (QED) is 0.515. The van der Waals surface area contributed by atoms with Crippen molar-refractivity contribution < 1.29 is 18.7 Å². The Hall–Kier alpha value is -2.83. The summed E-state index contributed by atoms with van der Waals surface area (Å²) in [6.07, 6.45) is 9.36. The zero-order valence-electron chi connectivity index (χ0n) is 14.3. The van der Waals surface area contributed by atoms with Crippen molar-refractivity contribution in [1.29, 1.82) is 0 Å². The fourth-order valence-corrected chi connectivity index (χ4v) is 2.39. The summed E-state index contributed by atoms with van der Waals surface area (Å²) in [6, 6.07) is 2.94. The van der Waals surface area contributed by atoms with E-state index in [0.717, 1.165) is 6.42 Å². The van der Waals surface area contributed by atoms with E-state index in [0.29, 0.717) is 18.6 Å². The predicted octanol–water partition coefficient (Wildman–Crippen LogP) is 3.23. The van der Waals surface area contributed by atoms with Crippen LogP contribution < -0.4 is 0 Å². The van der Waals surface area contributed by atoms with Gasteiger partial charge in [-0.1, -0.05) is 13.0 Å². The molecule has 1 atom stereocenters. The van der Waals surface area contributed by atoms with Crippen LogP contribution in [0.1, 0.15) is 31.9 Å². The van der Waals surface area contributed by atoms with E-state index < -0.39 is 0 Å². The average Bonchev–Trinajstić information content (AvgIpc) is 3.30. The second-order valence-electron chi connectivity index (χ2n) is 5.57. The van der Waals surface area contributed by atoms with Crippen molar-refractivity contribution in [2.24, 2.45) is 0 Å². The highest BCUT2D eigenvalue weighted by Crippen LogP contribution is 2.15. The lowest BCUT2D eigenvalue weighted by molar-refractivity contribution is -0.145. The molecule has 1 unspecified atom stereocenters. The van der Waals surface area contributed by atoms with E-state index in [1.165, 1.54) is 17.1 Å². The van der Waals surface area contributed by atoms with Crippen LogP contribution in [0.15, 0.2) is 54.2 Å². The van der Waals surface area contributed by atoms with Crippen molar-refractivity contribution in [3.8, 4) is 0 Å². The summed E-state index contributed by atoms with van der Waals surface area (Å²) >= 11 is 0. The number of ether oxygens (including phenoxy) is 1. The Labute approximate surface area is 146 Å². The summed E-state index contributed by atoms with van der Waals surface area (Å²) < 4.78 is 12.1. The Balaban J connectivity index is 2.17. The van der Waals surface area contributed by atoms with Gasteiger partial charge in [0.25, 0.3) is 0 Å². The lowest BCUT2D eigenvalue weighted by Gasteiger charge is -2.30. The van der Waals surface area contributed by atoms with Crippen molar-refractivity contribution in [2.75, 3.05) is 6.61 Å². The topological polar surface area (TPSA) is 77.6 Å². The molecule has 25 heavy (non-hydrogen) atoms. The van der Waals surface area contributed by atoms with Crippen LogP contribution in [0.3, 0.4) is 0 Å². The molecule has 0 fully saturated rings. The zero-order valence-corrected chi connectivity index (χ0v) is 14.3. The predicted molar refractivity (Wildman–Crippen MR) is 91.7 cm³/mol. The third-order valence-electron chi connectivity index (χ3n) is 3.65. The largest absolute Gasteiger partial charge is 0.467 e. The lowest BCUT2D eigenvalue weighted by atomic mass is 10.2. The van der Waals surface area contributed by atoms with Gasteiger partial charge in [-0.05, 0) is 25.0 Å². The van der Waals surface area contributed by atoms with Gasteiger partial charge in [0.05, 0.1) is 18.8 Å². The van der Waals surface area contributed by atoms with Gasteiger partial charge in [-0.25, -0.2) is 9.78 Å². The second kappa shape index (κ2) is 9.46. The molecule has 0 saturated carbocycles. The highest BCUT2D eigenvalue weighted by Gasteiger charge is 2.26. The number of imidazole rings is 1. The molecule has 1 amide bonds. The summed E-state index contributed by atoms with van der Waals surface area (Å²) in [5.74, 6) is 0.368. The maximum atomic E-state index is 12.9. The molecule has 0 aliphatic rings. The molecular weight excluding hydrogens is 322 g/mol. The standard InChI is InChI=1S/C18H23N3O4/c1-3-6-15(13-25-17(22)7-4-2)21(12-16-8-5-11-24-16)18(23)20-10-9-19-14-20/h3,5,8-11,14-15H,1,4,6-7,12-13H2,2H3. The molecule has 134 valence electrons. The highest BCUT2D eigenvalue weighted by molar-refractivity contribution is 5.77. The third kappa shape index (κ3) is 5.34. The van der Waals surface area contributed by atoms with Crippen molar-refractivity contribution in [2.45, 2.75) is 38.8 Å². The van der Waals surface area contributed by atoms with Crippen LogP contribution in [0, 0.1) is 0 Å². The number of carbonyl (C=O) groups excluding carboxylic acids is 2. The first kappa shape index (κ1) is 18.5. The van der Waals surface area contributed by atoms with Crippen LogP contribution in [0.5, 0.6) is 0 Å². The van der Waals surface area contributed by atoms with E-state index in [4.69, 9.17) is 9.15 Å². The average molecular weight is 345 g/mol. The van der Waals surface area contributed by atoms with E-state index in [2.05, 4.69) is 11.6 Å². The number of hydrogen-bond acceptors (Lipinski definition) is 5. The number of hydrogen-bond donors (Lipinski definition) is 0. The molecule has 2 heterocycles. The second-order valence-corrected chi connectivity index (χ2v) is 5.57. The summed E-state index contributed by atoms with van der Waals surface area (Å²) in [5.41, 5.74) is 0. The zero-order chi connectivity index (χ0) is 18.1. The fourth-order valence-electron chi connectivity index (χ4n) is 2.39. The lowest BCUT2D eigenvalue weighted by Crippen LogP contribution is -2.44. The van der Waals surface area contributed by atoms with E-state index in [1.807, 2.05) is 6.92 Å². The molecule has 0 radical (unpaired) electrons. The van der Waals surface area contributed by atoms with Crippen LogP contribution in [-0.2, 0) is 16.1 Å². The minimum absolute atomic E-state index is 0.103. The van der Waals surface area contributed by atoms with E-state index in [1.54, 1.807) is 35.6 Å². The SMILES string of the molecule is C=CCC(COC(=O)CCC)N(Cc1ccco1)C(=O)n1ccnc1. The van der Waals surface area contributed by atoms with Crippen LogP contribution >= 0.6 is 0 Å². The number of carbonyl (C=O) groups is 2. The molecule has 0 aromatic carbocycles. The molecule has 2 aromatic heterocycles. The van der Waals surface area contributed by atoms with Crippen molar-refractivity contribution in [3.05, 3.63) is 55.5 Å². The summed E-state index contributed by atoms with van der Waals surface area (Å²) in [6.45, 7) is 6.02. The summed E-state index contributed by atoms with van der Waals surface area (Å²) in [7, 11) is 0. The molecule has 0 aliphatic carbocycles. The van der Waals surface area contributed by atoms with Gasteiger partial charge in [-0.2, -0.15) is 0 Å². The molecule has 0 bridgehead atoms. The number of furan rings is 1. The highest BCUT2D eigenvalue weighted by atomic mass is 16.5. The van der Waals surface area contributed by atoms with E-state index >= 15 is 0 Å². The van der Waals surface area contributed by atoms with Gasteiger partial charge in [-0.15, -0.1) is 6.58 Å². The summed E-state index contributed by atoms with van der Waals surface area (Å²) in [4.78, 5) is 30.1. The normalized spacial score (nSPS) is 11.7. The van der Waals surface area contributed by atoms with Gasteiger partial charge in [-0.3, -0.25) is 9.36 Å². The molecule has 0 aliphatic heterocycles. The van der Waals surface area contributed by atoms with Crippen LogP contribution in [0.25, 0.3) is 0 Å². The molecule has 7 nitrogen and oxygen atoms in total. The van der Waals surface area contributed by atoms with Crippen LogP contribution in [0.2, 0.25) is 0 Å². The smallest absolute Gasteiger partial charge is 0.330 e. The molecule has 2 rings (SSSR count). The first-order valence-corrected chi connectivity index (χ1v) is 8.23. The van der Waals surface area contributed by atoms with Crippen LogP contribution in [0.4, 0.5) is 4.79 Å². The van der Waals surface area contributed by atoms with Crippen molar-refractivity contribution >= 4 is 12.0 Å². The fraction of sp³-hybridized carbons (Fsp3) is 0.389. The van der Waals surface area contributed by atoms with Gasteiger partial charge in [0, 0.05) is 18.8 Å². The van der Waals surface area contributed by atoms with Gasteiger partial charge in [0.1, 0.15) is 18.7 Å². The maximum Gasteiger partial charge on any atom is 0.330 e. The Morgan fingerprint density at radius 2 is 2.36 bits per heavy atom. The minimum atomic E-state index is -0.349. The molecule has 2 aromatic rings. The van der Waals surface area contributed by atoms with Gasteiger partial charge in [0.2, 0.25) is 0 Å². The maximum absolute atomic E-state index is 12.9. The molecule has 0 saturated heterocycles. The van der Waals surface area contributed by atoms with Crippen molar-refractivity contribution in [1.82, 2.24) is 14.5 Å². The first-order valence-electron chi connectivity index (χ1n) is 8.23. The molecule has 7 heteroatoms. The van der Waals surface area contributed by atoms with E-state index in [9.17, 15) is 9.59 Å². The minimum Gasteiger partial charge on any atom is -0.467 e. The molecule has 0 spiro atoms. The number of rotatable bonds is 9. The van der Waals surface area contributed by atoms with E-state index in [-0.39, 0.29) is 31.2 Å². The first-order chi connectivity index (χ1) is 12.2. The number of nitrogens with zero attached hydrogens (tertiary/aromatic N) is 3. The molecule has 0 N–H and O–H groups in total. The van der Waals surface area contributed by atoms with Crippen LogP contribution in [-0.4, -0.2) is 39.1 Å². The van der Waals surface area contributed by atoms with Crippen molar-refractivity contribution in [3.63, 3.8) is 0 Å². The van der Waals surface area contributed by atoms with Gasteiger partial charge in [0.15, 0.2) is 0 Å². The Bertz CT molecular complexity index is 665. The number of aromatic nitrogens is 2. The monoisotopic (exact) mass is 345 g/mol. The van der Waals surface area contributed by atoms with Gasteiger partial charge >= 0.3 is 12.0 Å². The molecular formula is C18H23N3O4. The summed E-state index contributed by atoms with van der Waals surface area (Å²) in [5, 5.41) is 0.